The topological polar surface area (TPSA) is 78.9 Å². The van der Waals surface area contributed by atoms with E-state index in [0.29, 0.717) is 19.3 Å². The van der Waals surface area contributed by atoms with Crippen molar-refractivity contribution in [3.8, 4) is 0 Å². The Bertz CT molecular complexity index is 826. The van der Waals surface area contributed by atoms with Crippen LogP contribution in [0.3, 0.4) is 0 Å². The second-order valence-electron chi connectivity index (χ2n) is 17.1. The summed E-state index contributed by atoms with van der Waals surface area (Å²) in [5, 5.41) is 0. The number of hydrogen-bond donors (Lipinski definition) is 0. The number of esters is 3. The van der Waals surface area contributed by atoms with Crippen molar-refractivity contribution in [2.45, 2.75) is 265 Å². The van der Waals surface area contributed by atoms with Crippen LogP contribution in [0.1, 0.15) is 259 Å². The molecule has 0 fully saturated rings. The number of ether oxygens (including phenoxy) is 3. The molecule has 54 heavy (non-hydrogen) atoms. The fourth-order valence-corrected chi connectivity index (χ4v) is 7.07. The van der Waals surface area contributed by atoms with Gasteiger partial charge < -0.3 is 14.2 Å². The van der Waals surface area contributed by atoms with Gasteiger partial charge in [-0.15, -0.1) is 0 Å². The molecule has 0 aromatic carbocycles. The fraction of sp³-hybridized carbons (Fsp3) is 0.938. The van der Waals surface area contributed by atoms with Crippen molar-refractivity contribution in [1.82, 2.24) is 0 Å². The molecule has 0 N–H and O–H groups in total. The first-order valence-electron chi connectivity index (χ1n) is 23.8. The van der Waals surface area contributed by atoms with Crippen LogP contribution in [-0.4, -0.2) is 37.2 Å². The first-order valence-corrected chi connectivity index (χ1v) is 23.8. The van der Waals surface area contributed by atoms with Crippen molar-refractivity contribution in [3.63, 3.8) is 0 Å². The lowest BCUT2D eigenvalue weighted by Crippen LogP contribution is -2.30. The molecule has 2 atom stereocenters. The van der Waals surface area contributed by atoms with Crippen LogP contribution in [0.15, 0.2) is 0 Å². The lowest BCUT2D eigenvalue weighted by atomic mass is 9.99. The van der Waals surface area contributed by atoms with Crippen LogP contribution in [0.2, 0.25) is 0 Å². The van der Waals surface area contributed by atoms with Gasteiger partial charge >= 0.3 is 17.9 Å². The minimum absolute atomic E-state index is 0.0648. The third-order valence-electron chi connectivity index (χ3n) is 11.1. The largest absolute Gasteiger partial charge is 0.462 e. The molecule has 0 aliphatic carbocycles. The summed E-state index contributed by atoms with van der Waals surface area (Å²) in [4.78, 5) is 37.7. The highest BCUT2D eigenvalue weighted by molar-refractivity contribution is 5.71. The van der Waals surface area contributed by atoms with Crippen LogP contribution < -0.4 is 0 Å². The standard InChI is InChI=1S/C48H92O6/c1-6-8-9-10-11-12-17-23-28-33-38-46(49)52-41-45(42-53-47(50)39-34-29-24-20-19-22-27-32-37-44(5)7-2)54-48(51)40-35-30-25-18-15-13-14-16-21-26-31-36-43(3)4/h43-45H,6-42H2,1-5H3/t44?,45-/m1/s1. The maximum Gasteiger partial charge on any atom is 0.306 e. The Labute approximate surface area is 336 Å². The van der Waals surface area contributed by atoms with Gasteiger partial charge in [-0.3, -0.25) is 14.4 Å². The molecule has 0 rings (SSSR count). The van der Waals surface area contributed by atoms with Gasteiger partial charge in [-0.1, -0.05) is 221 Å². The zero-order valence-corrected chi connectivity index (χ0v) is 36.8. The molecule has 0 saturated carbocycles. The van der Waals surface area contributed by atoms with E-state index in [1.807, 2.05) is 0 Å². The van der Waals surface area contributed by atoms with Gasteiger partial charge in [0.25, 0.3) is 0 Å². The van der Waals surface area contributed by atoms with E-state index < -0.39 is 6.10 Å². The molecule has 0 radical (unpaired) electrons. The molecule has 6 heteroatoms. The molecular formula is C48H92O6. The van der Waals surface area contributed by atoms with E-state index >= 15 is 0 Å². The van der Waals surface area contributed by atoms with Crippen LogP contribution in [-0.2, 0) is 28.6 Å². The van der Waals surface area contributed by atoms with Crippen molar-refractivity contribution >= 4 is 17.9 Å². The Morgan fingerprint density at radius 3 is 1.06 bits per heavy atom. The van der Waals surface area contributed by atoms with Crippen LogP contribution >= 0.6 is 0 Å². The summed E-state index contributed by atoms with van der Waals surface area (Å²) < 4.78 is 16.7. The van der Waals surface area contributed by atoms with Crippen LogP contribution in [0.4, 0.5) is 0 Å². The Morgan fingerprint density at radius 1 is 0.389 bits per heavy atom. The third kappa shape index (κ3) is 40.1. The summed E-state index contributed by atoms with van der Waals surface area (Å²) in [6.07, 6.45) is 39.4. The summed E-state index contributed by atoms with van der Waals surface area (Å²) in [7, 11) is 0. The van der Waals surface area contributed by atoms with E-state index in [1.165, 1.54) is 148 Å². The molecule has 0 bridgehead atoms. The molecule has 0 spiro atoms. The van der Waals surface area contributed by atoms with Crippen LogP contribution in [0.5, 0.6) is 0 Å². The Morgan fingerprint density at radius 2 is 0.704 bits per heavy atom. The van der Waals surface area contributed by atoms with Crippen molar-refractivity contribution in [2.24, 2.45) is 11.8 Å². The number of rotatable bonds is 42. The maximum atomic E-state index is 12.7. The molecule has 1 unspecified atom stereocenters. The Kier molecular flexibility index (Phi) is 39.8. The molecule has 0 saturated heterocycles. The lowest BCUT2D eigenvalue weighted by molar-refractivity contribution is -0.167. The zero-order valence-electron chi connectivity index (χ0n) is 36.8. The molecule has 0 aliphatic rings. The van der Waals surface area contributed by atoms with Crippen LogP contribution in [0.25, 0.3) is 0 Å². The highest BCUT2D eigenvalue weighted by atomic mass is 16.6. The molecular weight excluding hydrogens is 673 g/mol. The maximum absolute atomic E-state index is 12.7. The quantitative estimate of drug-likeness (QED) is 0.0350. The SMILES string of the molecule is CCCCCCCCCCCCC(=O)OC[C@H](COC(=O)CCCCCCCCCCC(C)CC)OC(=O)CCCCCCCCCCCCCC(C)C. The average Bonchev–Trinajstić information content (AvgIpc) is 3.15. The van der Waals surface area contributed by atoms with Gasteiger partial charge in [-0.05, 0) is 31.1 Å². The lowest BCUT2D eigenvalue weighted by Gasteiger charge is -2.18. The normalized spacial score (nSPS) is 12.6. The van der Waals surface area contributed by atoms with Crippen molar-refractivity contribution in [3.05, 3.63) is 0 Å². The average molecular weight is 765 g/mol. The molecule has 0 amide bonds. The molecule has 320 valence electrons. The second kappa shape index (κ2) is 41.1. The number of carbonyl (C=O) groups excluding carboxylic acids is 3. The van der Waals surface area contributed by atoms with E-state index in [1.54, 1.807) is 0 Å². The monoisotopic (exact) mass is 765 g/mol. The summed E-state index contributed by atoms with van der Waals surface area (Å²) >= 11 is 0. The van der Waals surface area contributed by atoms with Gasteiger partial charge in [0.1, 0.15) is 13.2 Å². The van der Waals surface area contributed by atoms with E-state index in [4.69, 9.17) is 14.2 Å². The summed E-state index contributed by atoms with van der Waals surface area (Å²) in [6.45, 7) is 11.3. The number of hydrogen-bond acceptors (Lipinski definition) is 6. The van der Waals surface area contributed by atoms with Crippen LogP contribution in [0, 0.1) is 11.8 Å². The smallest absolute Gasteiger partial charge is 0.306 e. The molecule has 0 aromatic rings. The Balaban J connectivity index is 4.34. The minimum Gasteiger partial charge on any atom is -0.462 e. The number of carbonyl (C=O) groups is 3. The third-order valence-corrected chi connectivity index (χ3v) is 11.1. The van der Waals surface area contributed by atoms with Gasteiger partial charge in [0.2, 0.25) is 0 Å². The first-order chi connectivity index (χ1) is 26.3. The molecule has 0 heterocycles. The van der Waals surface area contributed by atoms with E-state index in [2.05, 4.69) is 34.6 Å². The molecule has 0 aromatic heterocycles. The predicted molar refractivity (Wildman–Crippen MR) is 229 cm³/mol. The second-order valence-corrected chi connectivity index (χ2v) is 17.1. The highest BCUT2D eigenvalue weighted by Crippen LogP contribution is 2.17. The van der Waals surface area contributed by atoms with E-state index in [0.717, 1.165) is 69.6 Å². The fourth-order valence-electron chi connectivity index (χ4n) is 7.07. The zero-order chi connectivity index (χ0) is 39.7. The first kappa shape index (κ1) is 52.4. The summed E-state index contributed by atoms with van der Waals surface area (Å²) in [6, 6.07) is 0. The Hall–Kier alpha value is -1.59. The van der Waals surface area contributed by atoms with Gasteiger partial charge in [0.15, 0.2) is 6.10 Å². The predicted octanol–water partition coefficient (Wildman–Crippen LogP) is 15.0. The van der Waals surface area contributed by atoms with E-state index in [9.17, 15) is 14.4 Å². The number of unbranched alkanes of at least 4 members (excludes halogenated alkanes) is 26. The molecule has 0 aliphatic heterocycles. The van der Waals surface area contributed by atoms with E-state index in [-0.39, 0.29) is 31.1 Å². The van der Waals surface area contributed by atoms with Gasteiger partial charge in [-0.25, -0.2) is 0 Å². The highest BCUT2D eigenvalue weighted by Gasteiger charge is 2.19. The van der Waals surface area contributed by atoms with Crippen molar-refractivity contribution in [1.29, 1.82) is 0 Å². The van der Waals surface area contributed by atoms with Crippen molar-refractivity contribution in [2.75, 3.05) is 13.2 Å². The van der Waals surface area contributed by atoms with Gasteiger partial charge in [-0.2, -0.15) is 0 Å². The minimum atomic E-state index is -0.760. The van der Waals surface area contributed by atoms with Crippen molar-refractivity contribution < 1.29 is 28.6 Å². The molecule has 6 nitrogen and oxygen atoms in total. The van der Waals surface area contributed by atoms with Gasteiger partial charge in [0.05, 0.1) is 0 Å². The summed E-state index contributed by atoms with van der Waals surface area (Å²) in [5.74, 6) is 0.816. The van der Waals surface area contributed by atoms with Gasteiger partial charge in [0, 0.05) is 19.3 Å². The summed E-state index contributed by atoms with van der Waals surface area (Å²) in [5.41, 5.74) is 0.